The molecule has 0 radical (unpaired) electrons. The molecule has 2 rings (SSSR count). The molecule has 0 aliphatic rings. The molecule has 2 aromatic rings. The maximum absolute atomic E-state index is 12.0. The van der Waals surface area contributed by atoms with Gasteiger partial charge in [0.15, 0.2) is 5.78 Å². The van der Waals surface area contributed by atoms with E-state index in [2.05, 4.69) is 10.6 Å². The highest BCUT2D eigenvalue weighted by Gasteiger charge is 2.11. The molecule has 6 heteroatoms. The number of carbonyl (C=O) groups is 2. The van der Waals surface area contributed by atoms with Gasteiger partial charge in [0.25, 0.3) is 0 Å². The van der Waals surface area contributed by atoms with Crippen LogP contribution in [-0.4, -0.2) is 11.8 Å². The summed E-state index contributed by atoms with van der Waals surface area (Å²) in [6.45, 7) is 1.44. The molecule has 0 aromatic heterocycles. The van der Waals surface area contributed by atoms with Gasteiger partial charge in [-0.1, -0.05) is 35.3 Å². The number of nitrogens with one attached hydrogen (secondary N) is 2. The van der Waals surface area contributed by atoms with E-state index in [1.165, 1.54) is 6.92 Å². The van der Waals surface area contributed by atoms with Crippen LogP contribution < -0.4 is 10.6 Å². The van der Waals surface area contributed by atoms with Crippen LogP contribution in [0.2, 0.25) is 10.0 Å². The zero-order chi connectivity index (χ0) is 15.4. The number of ketones is 1. The van der Waals surface area contributed by atoms with Gasteiger partial charge >= 0.3 is 6.03 Å². The van der Waals surface area contributed by atoms with Crippen molar-refractivity contribution in [1.82, 2.24) is 0 Å². The molecule has 0 saturated carbocycles. The summed E-state index contributed by atoms with van der Waals surface area (Å²) >= 11 is 11.8. The van der Waals surface area contributed by atoms with Crippen LogP contribution >= 0.6 is 23.2 Å². The lowest BCUT2D eigenvalue weighted by atomic mass is 10.1. The van der Waals surface area contributed by atoms with E-state index in [9.17, 15) is 9.59 Å². The van der Waals surface area contributed by atoms with Crippen molar-refractivity contribution < 1.29 is 9.59 Å². The fourth-order valence-corrected chi connectivity index (χ4v) is 2.11. The van der Waals surface area contributed by atoms with Crippen molar-refractivity contribution >= 4 is 46.4 Å². The van der Waals surface area contributed by atoms with Gasteiger partial charge < -0.3 is 10.6 Å². The molecule has 2 aromatic carbocycles. The third-order valence-electron chi connectivity index (χ3n) is 2.73. The van der Waals surface area contributed by atoms with Crippen molar-refractivity contribution in [3.63, 3.8) is 0 Å². The summed E-state index contributed by atoms with van der Waals surface area (Å²) < 4.78 is 0. The third-order valence-corrected chi connectivity index (χ3v) is 3.30. The lowest BCUT2D eigenvalue weighted by molar-refractivity contribution is 0.101. The molecule has 4 nitrogen and oxygen atoms in total. The van der Waals surface area contributed by atoms with Crippen LogP contribution in [0.4, 0.5) is 16.2 Å². The van der Waals surface area contributed by atoms with Crippen molar-refractivity contribution in [2.24, 2.45) is 0 Å². The van der Waals surface area contributed by atoms with Gasteiger partial charge in [-0.3, -0.25) is 4.79 Å². The number of carbonyl (C=O) groups excluding carboxylic acids is 2. The number of Topliss-reactive ketones (excluding diaryl/α,β-unsaturated/α-hetero) is 1. The summed E-state index contributed by atoms with van der Waals surface area (Å²) in [7, 11) is 0. The highest BCUT2D eigenvalue weighted by atomic mass is 35.5. The van der Waals surface area contributed by atoms with Gasteiger partial charge in [-0.05, 0) is 37.3 Å². The molecule has 0 saturated heterocycles. The number of hydrogen-bond acceptors (Lipinski definition) is 2. The summed E-state index contributed by atoms with van der Waals surface area (Å²) in [5.74, 6) is -0.133. The molecular weight excluding hydrogens is 311 g/mol. The summed E-state index contributed by atoms with van der Waals surface area (Å²) in [5.41, 5.74) is 1.26. The largest absolute Gasteiger partial charge is 0.323 e. The normalized spacial score (nSPS) is 10.0. The summed E-state index contributed by atoms with van der Waals surface area (Å²) in [5, 5.41) is 6.03. The highest BCUT2D eigenvalue weighted by molar-refractivity contribution is 6.35. The molecule has 2 N–H and O–H groups in total. The zero-order valence-electron chi connectivity index (χ0n) is 11.1. The Morgan fingerprint density at radius 3 is 2.33 bits per heavy atom. The average Bonchev–Trinajstić information content (AvgIpc) is 2.43. The van der Waals surface area contributed by atoms with E-state index in [1.54, 1.807) is 42.5 Å². The minimum absolute atomic E-state index is 0.133. The van der Waals surface area contributed by atoms with E-state index in [4.69, 9.17) is 23.2 Å². The molecule has 0 aliphatic carbocycles. The van der Waals surface area contributed by atoms with E-state index < -0.39 is 6.03 Å². The monoisotopic (exact) mass is 322 g/mol. The molecule has 2 amide bonds. The maximum atomic E-state index is 12.0. The van der Waals surface area contributed by atoms with Crippen molar-refractivity contribution in [2.75, 3.05) is 10.6 Å². The number of para-hydroxylation sites is 1. The SMILES string of the molecule is CC(=O)c1ccccc1NC(=O)Nc1cc(Cl)ccc1Cl. The third kappa shape index (κ3) is 3.97. The second-order valence-corrected chi connectivity index (χ2v) is 5.15. The predicted molar refractivity (Wildman–Crippen MR) is 85.5 cm³/mol. The molecule has 0 aliphatic heterocycles. The van der Waals surface area contributed by atoms with Crippen LogP contribution in [-0.2, 0) is 0 Å². The molecule has 0 heterocycles. The number of halogens is 2. The van der Waals surface area contributed by atoms with Crippen molar-refractivity contribution in [1.29, 1.82) is 0 Å². The second kappa shape index (κ2) is 6.61. The van der Waals surface area contributed by atoms with E-state index in [0.717, 1.165) is 0 Å². The number of rotatable bonds is 3. The van der Waals surface area contributed by atoms with Crippen LogP contribution in [0.3, 0.4) is 0 Å². The number of urea groups is 1. The van der Waals surface area contributed by atoms with Crippen LogP contribution in [0.25, 0.3) is 0 Å². The van der Waals surface area contributed by atoms with Crippen molar-refractivity contribution in [2.45, 2.75) is 6.92 Å². The maximum Gasteiger partial charge on any atom is 0.323 e. The van der Waals surface area contributed by atoms with Gasteiger partial charge in [-0.15, -0.1) is 0 Å². The first-order valence-corrected chi connectivity index (χ1v) is 6.86. The Balaban J connectivity index is 2.16. The van der Waals surface area contributed by atoms with Gasteiger partial charge in [-0.2, -0.15) is 0 Å². The first-order chi connectivity index (χ1) is 9.97. The number of benzene rings is 2. The molecule has 0 atom stereocenters. The average molecular weight is 323 g/mol. The Morgan fingerprint density at radius 2 is 1.62 bits per heavy atom. The lowest BCUT2D eigenvalue weighted by Crippen LogP contribution is -2.21. The summed E-state index contributed by atoms with van der Waals surface area (Å²) in [6, 6.07) is 11.0. The minimum atomic E-state index is -0.507. The Labute approximate surface area is 132 Å². The van der Waals surface area contributed by atoms with Crippen molar-refractivity contribution in [3.8, 4) is 0 Å². The van der Waals surface area contributed by atoms with Gasteiger partial charge in [0.05, 0.1) is 16.4 Å². The highest BCUT2D eigenvalue weighted by Crippen LogP contribution is 2.25. The fraction of sp³-hybridized carbons (Fsp3) is 0.0667. The van der Waals surface area contributed by atoms with E-state index in [-0.39, 0.29) is 5.78 Å². The van der Waals surface area contributed by atoms with E-state index in [1.807, 2.05) is 0 Å². The van der Waals surface area contributed by atoms with Crippen LogP contribution in [0.15, 0.2) is 42.5 Å². The first kappa shape index (κ1) is 15.4. The van der Waals surface area contributed by atoms with Crippen LogP contribution in [0, 0.1) is 0 Å². The Bertz CT molecular complexity index is 702. The molecular formula is C15H12Cl2N2O2. The summed E-state index contributed by atoms with van der Waals surface area (Å²) in [4.78, 5) is 23.5. The van der Waals surface area contributed by atoms with E-state index in [0.29, 0.717) is 27.0 Å². The first-order valence-electron chi connectivity index (χ1n) is 6.10. The van der Waals surface area contributed by atoms with E-state index >= 15 is 0 Å². The molecule has 21 heavy (non-hydrogen) atoms. The molecule has 0 fully saturated rings. The van der Waals surface area contributed by atoms with Gasteiger partial charge in [0, 0.05) is 10.6 Å². The zero-order valence-corrected chi connectivity index (χ0v) is 12.6. The van der Waals surface area contributed by atoms with Gasteiger partial charge in [0.2, 0.25) is 0 Å². The fourth-order valence-electron chi connectivity index (χ4n) is 1.77. The predicted octanol–water partition coefficient (Wildman–Crippen LogP) is 4.84. The van der Waals surface area contributed by atoms with Gasteiger partial charge in [0.1, 0.15) is 0 Å². The molecule has 0 unspecified atom stereocenters. The van der Waals surface area contributed by atoms with Crippen LogP contribution in [0.5, 0.6) is 0 Å². The Kier molecular flexibility index (Phi) is 4.83. The molecule has 108 valence electrons. The molecule has 0 spiro atoms. The number of hydrogen-bond donors (Lipinski definition) is 2. The topological polar surface area (TPSA) is 58.2 Å². The molecule has 0 bridgehead atoms. The second-order valence-electron chi connectivity index (χ2n) is 4.31. The minimum Gasteiger partial charge on any atom is -0.307 e. The van der Waals surface area contributed by atoms with Crippen molar-refractivity contribution in [3.05, 3.63) is 58.1 Å². The van der Waals surface area contributed by atoms with Crippen LogP contribution in [0.1, 0.15) is 17.3 Å². The standard InChI is InChI=1S/C15H12Cl2N2O2/c1-9(20)11-4-2-3-5-13(11)18-15(21)19-14-8-10(16)6-7-12(14)17/h2-8H,1H3,(H2,18,19,21). The summed E-state index contributed by atoms with van der Waals surface area (Å²) in [6.07, 6.45) is 0. The Morgan fingerprint density at radius 1 is 0.952 bits per heavy atom. The number of anilines is 2. The van der Waals surface area contributed by atoms with Gasteiger partial charge in [-0.25, -0.2) is 4.79 Å². The smallest absolute Gasteiger partial charge is 0.307 e. The number of amides is 2. The Hall–Kier alpha value is -2.04. The quantitative estimate of drug-likeness (QED) is 0.794. The lowest BCUT2D eigenvalue weighted by Gasteiger charge is -2.11.